The largest absolute Gasteiger partial charge is 0.341 e. The molecule has 1 nitrogen and oxygen atoms in total. The number of aromatic nitrogens is 1. The lowest BCUT2D eigenvalue weighted by atomic mass is 9.79. The standard InChI is InChI=1S/C37H17N/c1-4-7-9-11-13-19-25-37(26-20-14-12-10-8-5-2)33-23-17-15-21-29(33)31-28-36-32(27-34(31)37)30-22-16-18-24-35(30)38(36)6-3/h1-2,15-18,21-24,27-28H,6H2,3H3. The first-order valence-electron chi connectivity index (χ1n) is 11.9. The topological polar surface area (TPSA) is 4.93 Å². The summed E-state index contributed by atoms with van der Waals surface area (Å²) >= 11 is 0. The molecule has 1 aliphatic rings. The van der Waals surface area contributed by atoms with Crippen molar-refractivity contribution in [3.8, 4) is 107 Å². The molecule has 0 spiro atoms. The van der Waals surface area contributed by atoms with E-state index in [1.807, 2.05) is 12.1 Å². The third kappa shape index (κ3) is 3.92. The van der Waals surface area contributed by atoms with E-state index in [1.54, 1.807) is 0 Å². The molecular weight excluding hydrogens is 458 g/mol. The van der Waals surface area contributed by atoms with Gasteiger partial charge in [-0.05, 0) is 118 Å². The second-order valence-corrected chi connectivity index (χ2v) is 8.26. The molecule has 0 N–H and O–H groups in total. The predicted octanol–water partition coefficient (Wildman–Crippen LogP) is 5.37. The number of hydrogen-bond donors (Lipinski definition) is 0. The highest BCUT2D eigenvalue weighted by Crippen LogP contribution is 2.50. The van der Waals surface area contributed by atoms with Gasteiger partial charge in [0.05, 0.1) is 0 Å². The van der Waals surface area contributed by atoms with Crippen LogP contribution in [0, 0.1) is 95.7 Å². The van der Waals surface area contributed by atoms with E-state index >= 15 is 0 Å². The number of aryl methyl sites for hydroxylation is 1. The molecule has 0 fully saturated rings. The maximum atomic E-state index is 5.18. The second kappa shape index (κ2) is 10.3. The van der Waals surface area contributed by atoms with E-state index in [2.05, 4.69) is 143 Å². The Morgan fingerprint density at radius 1 is 0.605 bits per heavy atom. The van der Waals surface area contributed by atoms with E-state index < -0.39 is 5.41 Å². The van der Waals surface area contributed by atoms with Crippen LogP contribution in [0.2, 0.25) is 0 Å². The Balaban J connectivity index is 1.85. The minimum Gasteiger partial charge on any atom is -0.341 e. The summed E-state index contributed by atoms with van der Waals surface area (Å²) in [5, 5.41) is 2.34. The van der Waals surface area contributed by atoms with Crippen molar-refractivity contribution in [3.63, 3.8) is 0 Å². The van der Waals surface area contributed by atoms with Crippen LogP contribution in [0.25, 0.3) is 32.9 Å². The van der Waals surface area contributed by atoms with E-state index in [-0.39, 0.29) is 0 Å². The molecule has 3 aromatic carbocycles. The minimum atomic E-state index is -0.946. The van der Waals surface area contributed by atoms with Crippen molar-refractivity contribution in [1.82, 2.24) is 4.57 Å². The quantitative estimate of drug-likeness (QED) is 0.327. The molecule has 0 atom stereocenters. The fourth-order valence-corrected chi connectivity index (χ4v) is 4.97. The maximum absolute atomic E-state index is 5.18. The van der Waals surface area contributed by atoms with Gasteiger partial charge >= 0.3 is 0 Å². The summed E-state index contributed by atoms with van der Waals surface area (Å²) in [4.78, 5) is 0. The highest BCUT2D eigenvalue weighted by Gasteiger charge is 2.41. The molecule has 170 valence electrons. The van der Waals surface area contributed by atoms with Gasteiger partial charge in [0.2, 0.25) is 0 Å². The molecule has 0 bridgehead atoms. The summed E-state index contributed by atoms with van der Waals surface area (Å²) in [6.45, 7) is 3.02. The molecule has 0 aliphatic heterocycles. The molecular formula is C37H17N. The van der Waals surface area contributed by atoms with Crippen LogP contribution in [0.1, 0.15) is 18.1 Å². The lowest BCUT2D eigenvalue weighted by Gasteiger charge is -2.19. The van der Waals surface area contributed by atoms with E-state index in [1.165, 1.54) is 16.4 Å². The van der Waals surface area contributed by atoms with E-state index in [4.69, 9.17) is 12.8 Å². The number of para-hydroxylation sites is 1. The van der Waals surface area contributed by atoms with Crippen LogP contribution in [0.15, 0.2) is 60.7 Å². The Morgan fingerprint density at radius 3 is 1.89 bits per heavy atom. The zero-order chi connectivity index (χ0) is 26.4. The van der Waals surface area contributed by atoms with Crippen LogP contribution >= 0.6 is 0 Å². The average Bonchev–Trinajstić information content (AvgIpc) is 3.41. The van der Waals surface area contributed by atoms with Crippen LogP contribution in [-0.2, 0) is 12.0 Å². The molecule has 0 amide bonds. The van der Waals surface area contributed by atoms with E-state index in [9.17, 15) is 0 Å². The van der Waals surface area contributed by atoms with Gasteiger partial charge in [0, 0.05) is 28.4 Å². The molecule has 0 saturated carbocycles. The number of hydrogen-bond acceptors (Lipinski definition) is 0. The van der Waals surface area contributed by atoms with Gasteiger partial charge in [-0.1, -0.05) is 54.3 Å². The summed E-state index contributed by atoms with van der Waals surface area (Å²) in [7, 11) is 0. The molecule has 1 heteroatoms. The molecule has 0 unspecified atom stereocenters. The molecule has 1 heterocycles. The molecule has 0 saturated heterocycles. The van der Waals surface area contributed by atoms with Crippen molar-refractivity contribution in [2.24, 2.45) is 0 Å². The molecule has 1 aliphatic carbocycles. The van der Waals surface area contributed by atoms with Crippen LogP contribution in [0.4, 0.5) is 0 Å². The van der Waals surface area contributed by atoms with Crippen LogP contribution in [-0.4, -0.2) is 4.57 Å². The summed E-state index contributed by atoms with van der Waals surface area (Å²) in [5.74, 6) is 38.3. The predicted molar refractivity (Wildman–Crippen MR) is 156 cm³/mol. The zero-order valence-electron chi connectivity index (χ0n) is 20.6. The highest BCUT2D eigenvalue weighted by atomic mass is 15.0. The first-order chi connectivity index (χ1) is 18.7. The van der Waals surface area contributed by atoms with Crippen LogP contribution < -0.4 is 0 Å². The number of fused-ring (bicyclic) bond motifs is 6. The Labute approximate surface area is 223 Å². The first-order valence-corrected chi connectivity index (χ1v) is 11.9. The van der Waals surface area contributed by atoms with Gasteiger partial charge in [0.25, 0.3) is 0 Å². The SMILES string of the molecule is C#CC#CC#CC#CC1(C#CC#CC#CC#C)c2ccccc2-c2cc3c(cc21)c1ccccc1n3CC. The van der Waals surface area contributed by atoms with Gasteiger partial charge in [-0.2, -0.15) is 0 Å². The number of benzene rings is 3. The Bertz CT molecular complexity index is 2050. The second-order valence-electron chi connectivity index (χ2n) is 8.26. The van der Waals surface area contributed by atoms with Crippen LogP contribution in [0.3, 0.4) is 0 Å². The fraction of sp³-hybridized carbons (Fsp3) is 0.0811. The lowest BCUT2D eigenvalue weighted by Crippen LogP contribution is -2.21. The third-order valence-electron chi connectivity index (χ3n) is 6.40. The number of nitrogens with zero attached hydrogens (tertiary/aromatic N) is 1. The summed E-state index contributed by atoms with van der Waals surface area (Å²) in [5.41, 5.74) is 5.59. The van der Waals surface area contributed by atoms with E-state index in [0.29, 0.717) is 0 Å². The lowest BCUT2D eigenvalue weighted by molar-refractivity contribution is 0.827. The third-order valence-corrected chi connectivity index (χ3v) is 6.40. The summed E-state index contributed by atoms with van der Waals surface area (Å²) < 4.78 is 2.34. The first kappa shape index (κ1) is 23.7. The molecule has 5 rings (SSSR count). The summed E-state index contributed by atoms with van der Waals surface area (Å²) in [6, 6.07) is 21.1. The van der Waals surface area contributed by atoms with Crippen LogP contribution in [0.5, 0.6) is 0 Å². The Hall–Kier alpha value is -6.06. The average molecular weight is 476 g/mol. The van der Waals surface area contributed by atoms with Gasteiger partial charge in [0.1, 0.15) is 5.41 Å². The Kier molecular flexibility index (Phi) is 6.40. The highest BCUT2D eigenvalue weighted by molar-refractivity contribution is 6.10. The van der Waals surface area contributed by atoms with Gasteiger partial charge < -0.3 is 4.57 Å². The van der Waals surface area contributed by atoms with Crippen molar-refractivity contribution in [2.45, 2.75) is 18.9 Å². The summed E-state index contributed by atoms with van der Waals surface area (Å²) in [6.07, 6.45) is 10.4. The van der Waals surface area contributed by atoms with Crippen molar-refractivity contribution in [1.29, 1.82) is 0 Å². The van der Waals surface area contributed by atoms with Crippen molar-refractivity contribution >= 4 is 21.8 Å². The van der Waals surface area contributed by atoms with Crippen molar-refractivity contribution < 1.29 is 0 Å². The minimum absolute atomic E-state index is 0.859. The molecule has 4 aromatic rings. The Morgan fingerprint density at radius 2 is 1.21 bits per heavy atom. The molecule has 38 heavy (non-hydrogen) atoms. The van der Waals surface area contributed by atoms with E-state index in [0.717, 1.165) is 34.2 Å². The molecule has 0 radical (unpaired) electrons. The number of rotatable bonds is 1. The number of terminal acetylenes is 2. The smallest absolute Gasteiger partial charge is 0.145 e. The van der Waals surface area contributed by atoms with Crippen molar-refractivity contribution in [2.75, 3.05) is 0 Å². The van der Waals surface area contributed by atoms with Gasteiger partial charge in [-0.3, -0.25) is 0 Å². The normalized spacial score (nSPS) is 10.8. The monoisotopic (exact) mass is 475 g/mol. The van der Waals surface area contributed by atoms with Crippen molar-refractivity contribution in [3.05, 3.63) is 71.8 Å². The molecule has 1 aromatic heterocycles. The van der Waals surface area contributed by atoms with Gasteiger partial charge in [-0.15, -0.1) is 12.8 Å². The van der Waals surface area contributed by atoms with Gasteiger partial charge in [-0.25, -0.2) is 0 Å². The maximum Gasteiger partial charge on any atom is 0.145 e. The zero-order valence-corrected chi connectivity index (χ0v) is 20.6. The van der Waals surface area contributed by atoms with Gasteiger partial charge in [0.15, 0.2) is 0 Å². The fourth-order valence-electron chi connectivity index (χ4n) is 4.97.